The van der Waals surface area contributed by atoms with Gasteiger partial charge in [0.05, 0.1) is 25.0 Å². The number of hydrogen-bond donors (Lipinski definition) is 2. The first kappa shape index (κ1) is 24.7. The van der Waals surface area contributed by atoms with Gasteiger partial charge in [-0.3, -0.25) is 9.59 Å². The van der Waals surface area contributed by atoms with Crippen molar-refractivity contribution in [2.75, 3.05) is 18.5 Å². The van der Waals surface area contributed by atoms with E-state index in [1.165, 1.54) is 12.3 Å². The van der Waals surface area contributed by atoms with Crippen molar-refractivity contribution in [2.45, 2.75) is 26.9 Å². The highest BCUT2D eigenvalue weighted by atomic mass is 32.1. The van der Waals surface area contributed by atoms with Crippen molar-refractivity contribution >= 4 is 40.0 Å². The second kappa shape index (κ2) is 11.3. The topological polar surface area (TPSA) is 124 Å². The molecule has 1 aromatic carbocycles. The molecular weight excluding hydrogens is 460 g/mol. The zero-order valence-corrected chi connectivity index (χ0v) is 19.7. The highest BCUT2D eigenvalue weighted by Gasteiger charge is 2.30. The molecule has 0 aliphatic rings. The van der Waals surface area contributed by atoms with Crippen LogP contribution in [0, 0.1) is 6.92 Å². The number of amides is 1. The highest BCUT2D eigenvalue weighted by Crippen LogP contribution is 2.35. The van der Waals surface area contributed by atoms with E-state index in [9.17, 15) is 19.2 Å². The van der Waals surface area contributed by atoms with Crippen LogP contribution < -0.4 is 10.6 Å². The normalized spacial score (nSPS) is 11.4. The Bertz CT molecular complexity index is 1170. The number of nitrogens with one attached hydrogen (secondary N) is 2. The number of ether oxygens (including phenoxy) is 2. The monoisotopic (exact) mass is 484 g/mol. The average Bonchev–Trinajstić information content (AvgIpc) is 3.47. The Balaban J connectivity index is 2.02. The van der Waals surface area contributed by atoms with Gasteiger partial charge in [0, 0.05) is 5.56 Å². The number of esters is 2. The molecule has 2 aromatic heterocycles. The molecule has 2 heterocycles. The number of Topliss-reactive ketones (excluding diaryl/α,β-unsaturated/α-hetero) is 1. The van der Waals surface area contributed by atoms with Crippen molar-refractivity contribution in [2.24, 2.45) is 0 Å². The summed E-state index contributed by atoms with van der Waals surface area (Å²) in [6, 6.07) is 11.3. The maximum atomic E-state index is 13.3. The van der Waals surface area contributed by atoms with E-state index in [1.54, 1.807) is 57.2 Å². The molecule has 0 aliphatic heterocycles. The van der Waals surface area contributed by atoms with Gasteiger partial charge in [-0.2, -0.15) is 0 Å². The fourth-order valence-corrected chi connectivity index (χ4v) is 4.25. The minimum absolute atomic E-state index is 0.00727. The maximum Gasteiger partial charge on any atom is 0.348 e. The maximum absolute atomic E-state index is 13.3. The van der Waals surface area contributed by atoms with E-state index < -0.39 is 29.8 Å². The Hall–Kier alpha value is -3.92. The lowest BCUT2D eigenvalue weighted by atomic mass is 10.1. The van der Waals surface area contributed by atoms with Crippen LogP contribution in [0.1, 0.15) is 60.4 Å². The number of carbonyl (C=O) groups is 4. The fraction of sp³-hybridized carbons (Fsp3) is 0.250. The van der Waals surface area contributed by atoms with Crippen LogP contribution in [0.4, 0.5) is 5.00 Å². The van der Waals surface area contributed by atoms with Crippen molar-refractivity contribution in [1.29, 1.82) is 0 Å². The van der Waals surface area contributed by atoms with E-state index in [0.717, 1.165) is 11.3 Å². The third kappa shape index (κ3) is 5.52. The summed E-state index contributed by atoms with van der Waals surface area (Å²) in [6.45, 7) is 5.19. The number of rotatable bonds is 10. The smallest absolute Gasteiger partial charge is 0.348 e. The summed E-state index contributed by atoms with van der Waals surface area (Å²) in [4.78, 5) is 51.3. The van der Waals surface area contributed by atoms with E-state index in [4.69, 9.17) is 13.9 Å². The molecule has 1 amide bonds. The average molecular weight is 485 g/mol. The SMILES string of the molecule is CCOC(=O)c1sc(N[C@@H](NC(=O)c2ccco2)C(=O)c2ccccc2)c(C(=O)OCC)c1C. The van der Waals surface area contributed by atoms with Crippen LogP contribution >= 0.6 is 11.3 Å². The van der Waals surface area contributed by atoms with E-state index in [2.05, 4.69) is 10.6 Å². The summed E-state index contributed by atoms with van der Waals surface area (Å²) in [5.41, 5.74) is 0.775. The van der Waals surface area contributed by atoms with Gasteiger partial charge in [0.1, 0.15) is 9.88 Å². The van der Waals surface area contributed by atoms with Gasteiger partial charge in [-0.25, -0.2) is 9.59 Å². The molecule has 0 spiro atoms. The zero-order valence-electron chi connectivity index (χ0n) is 18.9. The number of anilines is 1. The minimum Gasteiger partial charge on any atom is -0.462 e. The van der Waals surface area contributed by atoms with E-state index >= 15 is 0 Å². The molecule has 0 radical (unpaired) electrons. The van der Waals surface area contributed by atoms with Gasteiger partial charge < -0.3 is 24.5 Å². The molecule has 0 aliphatic carbocycles. The van der Waals surface area contributed by atoms with Crippen molar-refractivity contribution in [1.82, 2.24) is 5.32 Å². The molecule has 0 saturated carbocycles. The summed E-state index contributed by atoms with van der Waals surface area (Å²) >= 11 is 0.940. The minimum atomic E-state index is -1.28. The Labute approximate surface area is 200 Å². The van der Waals surface area contributed by atoms with Crippen molar-refractivity contribution in [3.05, 3.63) is 76.1 Å². The molecule has 9 nitrogen and oxygen atoms in total. The fourth-order valence-electron chi connectivity index (χ4n) is 3.13. The molecule has 1 atom stereocenters. The van der Waals surface area contributed by atoms with Crippen LogP contribution in [0.5, 0.6) is 0 Å². The molecule has 2 N–H and O–H groups in total. The predicted octanol–water partition coefficient (Wildman–Crippen LogP) is 4.05. The van der Waals surface area contributed by atoms with Crippen LogP contribution in [0.2, 0.25) is 0 Å². The standard InChI is InChI=1S/C24H24N2O7S/c1-4-31-23(29)17-14(3)19(24(30)32-5-2)34-22(17)26-20(18(27)15-10-7-6-8-11-15)25-21(28)16-12-9-13-33-16/h6-13,20,26H,4-5H2,1-3H3,(H,25,28)/t20-/m1/s1. The Morgan fingerprint density at radius 1 is 0.971 bits per heavy atom. The molecule has 0 fully saturated rings. The third-order valence-electron chi connectivity index (χ3n) is 4.70. The lowest BCUT2D eigenvalue weighted by Crippen LogP contribution is -2.46. The number of carbonyl (C=O) groups excluding carboxylic acids is 4. The quantitative estimate of drug-likeness (QED) is 0.251. The van der Waals surface area contributed by atoms with Crippen LogP contribution in [0.3, 0.4) is 0 Å². The Morgan fingerprint density at radius 2 is 1.65 bits per heavy atom. The molecule has 34 heavy (non-hydrogen) atoms. The van der Waals surface area contributed by atoms with Crippen LogP contribution in [0.25, 0.3) is 0 Å². The summed E-state index contributed by atoms with van der Waals surface area (Å²) in [6.07, 6.45) is 0.0602. The number of hydrogen-bond acceptors (Lipinski definition) is 9. The first-order valence-corrected chi connectivity index (χ1v) is 11.4. The van der Waals surface area contributed by atoms with E-state index in [0.29, 0.717) is 11.1 Å². The summed E-state index contributed by atoms with van der Waals surface area (Å²) in [5, 5.41) is 5.70. The van der Waals surface area contributed by atoms with Crippen molar-refractivity contribution in [3.8, 4) is 0 Å². The zero-order chi connectivity index (χ0) is 24.7. The number of furan rings is 1. The van der Waals surface area contributed by atoms with Gasteiger partial charge in [-0.1, -0.05) is 30.3 Å². The molecular formula is C24H24N2O7S. The van der Waals surface area contributed by atoms with Gasteiger partial charge >= 0.3 is 11.9 Å². The van der Waals surface area contributed by atoms with Crippen molar-refractivity contribution in [3.63, 3.8) is 0 Å². The Morgan fingerprint density at radius 3 is 2.26 bits per heavy atom. The Kier molecular flexibility index (Phi) is 8.20. The van der Waals surface area contributed by atoms with Crippen LogP contribution in [0.15, 0.2) is 53.1 Å². The van der Waals surface area contributed by atoms with Crippen molar-refractivity contribution < 1.29 is 33.1 Å². The number of thiophene rings is 1. The van der Waals surface area contributed by atoms with Gasteiger partial charge in [0.25, 0.3) is 5.91 Å². The lowest BCUT2D eigenvalue weighted by molar-refractivity contribution is 0.0526. The highest BCUT2D eigenvalue weighted by molar-refractivity contribution is 7.18. The molecule has 178 valence electrons. The second-order valence-corrected chi connectivity index (χ2v) is 7.98. The largest absolute Gasteiger partial charge is 0.462 e. The molecule has 10 heteroatoms. The summed E-state index contributed by atoms with van der Waals surface area (Å²) in [7, 11) is 0. The van der Waals surface area contributed by atoms with Gasteiger partial charge in [-0.15, -0.1) is 11.3 Å². The summed E-state index contributed by atoms with van der Waals surface area (Å²) in [5.74, 6) is -2.36. The van der Waals surface area contributed by atoms with E-state index in [-0.39, 0.29) is 34.4 Å². The number of ketones is 1. The molecule has 0 bridgehead atoms. The predicted molar refractivity (Wildman–Crippen MR) is 125 cm³/mol. The van der Waals surface area contributed by atoms with Crippen LogP contribution in [-0.2, 0) is 9.47 Å². The third-order valence-corrected chi connectivity index (χ3v) is 5.91. The van der Waals surface area contributed by atoms with E-state index in [1.807, 2.05) is 0 Å². The number of benzene rings is 1. The molecule has 0 saturated heterocycles. The van der Waals surface area contributed by atoms with Gasteiger partial charge in [0.15, 0.2) is 11.9 Å². The summed E-state index contributed by atoms with van der Waals surface area (Å²) < 4.78 is 15.4. The first-order valence-electron chi connectivity index (χ1n) is 10.5. The van der Waals surface area contributed by atoms with Gasteiger partial charge in [0.2, 0.25) is 5.78 Å². The second-order valence-electron chi connectivity index (χ2n) is 6.96. The van der Waals surface area contributed by atoms with Gasteiger partial charge in [-0.05, 0) is 38.5 Å². The van der Waals surface area contributed by atoms with Crippen LogP contribution in [-0.4, -0.2) is 43.0 Å². The molecule has 0 unspecified atom stereocenters. The molecule has 3 rings (SSSR count). The first-order chi connectivity index (χ1) is 16.4. The molecule has 3 aromatic rings. The lowest BCUT2D eigenvalue weighted by Gasteiger charge is -2.20.